The fraction of sp³-hybridized carbons (Fsp3) is 0.333. The number of carbonyl (C=O) groups is 2. The largest absolute Gasteiger partial charge is 0.506 e. The molecule has 0 saturated carbocycles. The number of phenols is 1. The molecule has 1 aliphatic heterocycles. The molecular weight excluding hydrogens is 242 g/mol. The van der Waals surface area contributed by atoms with Gasteiger partial charge in [0.2, 0.25) is 5.91 Å². The highest BCUT2D eigenvalue weighted by Gasteiger charge is 2.29. The van der Waals surface area contributed by atoms with E-state index in [4.69, 9.17) is 11.6 Å². The number of amides is 1. The van der Waals surface area contributed by atoms with Gasteiger partial charge < -0.3 is 10.0 Å². The Bertz CT molecular complexity index is 499. The molecule has 4 nitrogen and oxygen atoms in total. The SMILES string of the molecule is CC(=O)N1CCc2c(C(=O)CCl)ccc(O)c21. The Morgan fingerprint density at radius 1 is 1.47 bits per heavy atom. The lowest BCUT2D eigenvalue weighted by Crippen LogP contribution is -2.25. The van der Waals surface area contributed by atoms with Crippen molar-refractivity contribution in [2.24, 2.45) is 0 Å². The first kappa shape index (κ1) is 11.9. The number of alkyl halides is 1. The number of anilines is 1. The summed E-state index contributed by atoms with van der Waals surface area (Å²) in [6.07, 6.45) is 0.571. The summed E-state index contributed by atoms with van der Waals surface area (Å²) < 4.78 is 0. The smallest absolute Gasteiger partial charge is 0.223 e. The number of hydrogen-bond acceptors (Lipinski definition) is 3. The third kappa shape index (κ3) is 1.89. The van der Waals surface area contributed by atoms with Crippen molar-refractivity contribution in [2.45, 2.75) is 13.3 Å². The Balaban J connectivity index is 2.57. The third-order valence-electron chi connectivity index (χ3n) is 2.92. The zero-order valence-electron chi connectivity index (χ0n) is 9.36. The van der Waals surface area contributed by atoms with Crippen LogP contribution in [0.2, 0.25) is 0 Å². The van der Waals surface area contributed by atoms with Gasteiger partial charge in [-0.2, -0.15) is 0 Å². The van der Waals surface area contributed by atoms with Crippen molar-refractivity contribution in [3.8, 4) is 5.75 Å². The van der Waals surface area contributed by atoms with Crippen LogP contribution in [0.1, 0.15) is 22.8 Å². The van der Waals surface area contributed by atoms with E-state index in [0.29, 0.717) is 29.8 Å². The summed E-state index contributed by atoms with van der Waals surface area (Å²) in [4.78, 5) is 24.5. The first-order chi connectivity index (χ1) is 8.06. The van der Waals surface area contributed by atoms with E-state index in [1.807, 2.05) is 0 Å². The van der Waals surface area contributed by atoms with Crippen molar-refractivity contribution in [1.29, 1.82) is 0 Å². The fourth-order valence-corrected chi connectivity index (χ4v) is 2.31. The minimum atomic E-state index is -0.187. The summed E-state index contributed by atoms with van der Waals surface area (Å²) in [6, 6.07) is 2.99. The maximum Gasteiger partial charge on any atom is 0.223 e. The van der Waals surface area contributed by atoms with E-state index in [9.17, 15) is 14.7 Å². The molecule has 5 heteroatoms. The number of aromatic hydroxyl groups is 1. The van der Waals surface area contributed by atoms with Gasteiger partial charge in [-0.1, -0.05) is 0 Å². The molecule has 1 N–H and O–H groups in total. The molecule has 0 aromatic heterocycles. The molecule has 0 fully saturated rings. The normalized spacial score (nSPS) is 13.6. The van der Waals surface area contributed by atoms with Crippen LogP contribution in [-0.2, 0) is 11.2 Å². The maximum absolute atomic E-state index is 11.6. The highest BCUT2D eigenvalue weighted by molar-refractivity contribution is 6.30. The van der Waals surface area contributed by atoms with Crippen LogP contribution in [0.3, 0.4) is 0 Å². The van der Waals surface area contributed by atoms with Gasteiger partial charge in [-0.25, -0.2) is 0 Å². The van der Waals surface area contributed by atoms with Crippen LogP contribution in [-0.4, -0.2) is 29.2 Å². The Hall–Kier alpha value is -1.55. The van der Waals surface area contributed by atoms with Crippen LogP contribution in [0.4, 0.5) is 5.69 Å². The second-order valence-electron chi connectivity index (χ2n) is 3.94. The van der Waals surface area contributed by atoms with Gasteiger partial charge in [0.05, 0.1) is 11.6 Å². The molecule has 1 heterocycles. The number of rotatable bonds is 2. The van der Waals surface area contributed by atoms with Crippen molar-refractivity contribution in [2.75, 3.05) is 17.3 Å². The van der Waals surface area contributed by atoms with E-state index >= 15 is 0 Å². The molecule has 1 amide bonds. The molecule has 1 aromatic carbocycles. The van der Waals surface area contributed by atoms with E-state index in [2.05, 4.69) is 0 Å². The van der Waals surface area contributed by atoms with Crippen LogP contribution in [0.15, 0.2) is 12.1 Å². The van der Waals surface area contributed by atoms with Gasteiger partial charge in [-0.3, -0.25) is 9.59 Å². The van der Waals surface area contributed by atoms with E-state index < -0.39 is 0 Å². The summed E-state index contributed by atoms with van der Waals surface area (Å²) in [6.45, 7) is 1.93. The maximum atomic E-state index is 11.6. The van der Waals surface area contributed by atoms with E-state index in [1.54, 1.807) is 6.07 Å². The Morgan fingerprint density at radius 2 is 2.18 bits per heavy atom. The average Bonchev–Trinajstić information content (AvgIpc) is 2.74. The summed E-state index contributed by atoms with van der Waals surface area (Å²) in [5.41, 5.74) is 1.66. The monoisotopic (exact) mass is 253 g/mol. The first-order valence-electron chi connectivity index (χ1n) is 5.28. The summed E-state index contributed by atoms with van der Waals surface area (Å²) in [5.74, 6) is -0.404. The van der Waals surface area contributed by atoms with Crippen LogP contribution in [0.5, 0.6) is 5.75 Å². The first-order valence-corrected chi connectivity index (χ1v) is 5.81. The number of carbonyl (C=O) groups excluding carboxylic acids is 2. The molecule has 0 bridgehead atoms. The third-order valence-corrected chi connectivity index (χ3v) is 3.16. The van der Waals surface area contributed by atoms with Crippen LogP contribution < -0.4 is 4.90 Å². The number of hydrogen-bond donors (Lipinski definition) is 1. The van der Waals surface area contributed by atoms with Gasteiger partial charge in [0.15, 0.2) is 5.78 Å². The minimum Gasteiger partial charge on any atom is -0.506 e. The van der Waals surface area contributed by atoms with Crippen LogP contribution in [0.25, 0.3) is 0 Å². The molecule has 0 atom stereocenters. The van der Waals surface area contributed by atoms with Crippen molar-refractivity contribution in [1.82, 2.24) is 0 Å². The lowest BCUT2D eigenvalue weighted by Gasteiger charge is -2.16. The molecule has 0 spiro atoms. The van der Waals surface area contributed by atoms with Gasteiger partial charge in [0.25, 0.3) is 0 Å². The topological polar surface area (TPSA) is 57.6 Å². The fourth-order valence-electron chi connectivity index (χ4n) is 2.16. The second-order valence-corrected chi connectivity index (χ2v) is 4.20. The van der Waals surface area contributed by atoms with Gasteiger partial charge >= 0.3 is 0 Å². The molecule has 0 radical (unpaired) electrons. The number of fused-ring (bicyclic) bond motifs is 1. The highest BCUT2D eigenvalue weighted by Crippen LogP contribution is 2.38. The minimum absolute atomic E-state index is 0.0267. The van der Waals surface area contributed by atoms with Gasteiger partial charge in [0, 0.05) is 19.0 Å². The summed E-state index contributed by atoms with van der Waals surface area (Å²) >= 11 is 5.53. The number of benzene rings is 1. The lowest BCUT2D eigenvalue weighted by molar-refractivity contribution is -0.116. The number of nitrogens with zero attached hydrogens (tertiary/aromatic N) is 1. The molecule has 2 rings (SSSR count). The van der Waals surface area contributed by atoms with Crippen molar-refractivity contribution in [3.05, 3.63) is 23.3 Å². The molecule has 90 valence electrons. The number of Topliss-reactive ketones (excluding diaryl/α,β-unsaturated/α-hetero) is 1. The molecule has 1 aliphatic rings. The quantitative estimate of drug-likeness (QED) is 0.645. The van der Waals surface area contributed by atoms with Crippen LogP contribution in [0, 0.1) is 0 Å². The molecule has 1 aromatic rings. The van der Waals surface area contributed by atoms with Gasteiger partial charge in [0.1, 0.15) is 5.75 Å². The molecular formula is C12H12ClNO3. The van der Waals surface area contributed by atoms with E-state index in [0.717, 1.165) is 0 Å². The zero-order chi connectivity index (χ0) is 12.6. The van der Waals surface area contributed by atoms with Gasteiger partial charge in [-0.05, 0) is 24.1 Å². The standard InChI is InChI=1S/C12H12ClNO3/c1-7(15)14-5-4-9-8(11(17)6-13)2-3-10(16)12(9)14/h2-3,16H,4-6H2,1H3. The highest BCUT2D eigenvalue weighted by atomic mass is 35.5. The molecule has 0 saturated heterocycles. The summed E-state index contributed by atoms with van der Waals surface area (Å²) in [7, 11) is 0. The lowest BCUT2D eigenvalue weighted by atomic mass is 10.0. The average molecular weight is 254 g/mol. The predicted molar refractivity (Wildman–Crippen MR) is 64.9 cm³/mol. The Morgan fingerprint density at radius 3 is 2.76 bits per heavy atom. The van der Waals surface area contributed by atoms with Crippen molar-refractivity contribution < 1.29 is 14.7 Å². The predicted octanol–water partition coefficient (Wildman–Crippen LogP) is 1.72. The van der Waals surface area contributed by atoms with Crippen LogP contribution >= 0.6 is 11.6 Å². The van der Waals surface area contributed by atoms with Crippen molar-refractivity contribution in [3.63, 3.8) is 0 Å². The number of phenolic OH excluding ortho intramolecular Hbond substituents is 1. The van der Waals surface area contributed by atoms with E-state index in [1.165, 1.54) is 17.9 Å². The molecule has 0 aliphatic carbocycles. The molecule has 17 heavy (non-hydrogen) atoms. The van der Waals surface area contributed by atoms with Gasteiger partial charge in [-0.15, -0.1) is 11.6 Å². The van der Waals surface area contributed by atoms with E-state index in [-0.39, 0.29) is 23.3 Å². The summed E-state index contributed by atoms with van der Waals surface area (Å²) in [5, 5.41) is 9.79. The number of halogens is 1. The Labute approximate surface area is 104 Å². The Kier molecular flexibility index (Phi) is 3.07. The molecule has 0 unspecified atom stereocenters. The second kappa shape index (κ2) is 4.37. The van der Waals surface area contributed by atoms with Crippen molar-refractivity contribution >= 4 is 29.0 Å². The zero-order valence-corrected chi connectivity index (χ0v) is 10.1. The number of ketones is 1.